The van der Waals surface area contributed by atoms with Crippen molar-refractivity contribution in [2.24, 2.45) is 0 Å². The lowest BCUT2D eigenvalue weighted by atomic mass is 9.96. The van der Waals surface area contributed by atoms with Crippen LogP contribution in [-0.4, -0.2) is 15.8 Å². The van der Waals surface area contributed by atoms with Crippen LogP contribution < -0.4 is 0 Å². The zero-order chi connectivity index (χ0) is 13.5. The van der Waals surface area contributed by atoms with Crippen molar-refractivity contribution >= 4 is 6.29 Å². The summed E-state index contributed by atoms with van der Waals surface area (Å²) in [4.78, 5) is 15.0. The Morgan fingerprint density at radius 3 is 2.84 bits per heavy atom. The Balaban J connectivity index is 2.12. The molecule has 1 atom stereocenters. The molecule has 0 spiro atoms. The Morgan fingerprint density at radius 2 is 2.16 bits per heavy atom. The molecular weight excluding hydrogens is 238 g/mol. The van der Waals surface area contributed by atoms with Crippen LogP contribution in [0.5, 0.6) is 0 Å². The molecule has 0 aliphatic carbocycles. The molecule has 0 bridgehead atoms. The molecule has 2 aromatic rings. The second-order valence-electron chi connectivity index (χ2n) is 4.41. The van der Waals surface area contributed by atoms with Gasteiger partial charge in [0.1, 0.15) is 6.29 Å². The average molecular weight is 253 g/mol. The number of imidazole rings is 1. The lowest BCUT2D eigenvalue weighted by Gasteiger charge is -2.15. The predicted octanol–water partition coefficient (Wildman–Crippen LogP) is 2.32. The summed E-state index contributed by atoms with van der Waals surface area (Å²) >= 11 is 0. The Labute approximate surface area is 112 Å². The number of aldehydes is 1. The topological polar surface area (TPSA) is 58.7 Å². The minimum Gasteiger partial charge on any atom is -0.337 e. The highest BCUT2D eigenvalue weighted by Gasteiger charge is 2.12. The van der Waals surface area contributed by atoms with E-state index in [0.29, 0.717) is 19.4 Å². The number of nitrogens with zero attached hydrogens (tertiary/aromatic N) is 3. The van der Waals surface area contributed by atoms with Gasteiger partial charge in [-0.05, 0) is 5.56 Å². The van der Waals surface area contributed by atoms with Crippen molar-refractivity contribution in [3.05, 3.63) is 54.1 Å². The van der Waals surface area contributed by atoms with E-state index in [1.54, 1.807) is 6.33 Å². The quantitative estimate of drug-likeness (QED) is 0.742. The van der Waals surface area contributed by atoms with Gasteiger partial charge in [-0.15, -0.1) is 0 Å². The Kier molecular flexibility index (Phi) is 4.46. The van der Waals surface area contributed by atoms with Gasteiger partial charge in [-0.25, -0.2) is 4.98 Å². The molecule has 1 heterocycles. The molecule has 1 aromatic carbocycles. The Bertz CT molecular complexity index is 569. The summed E-state index contributed by atoms with van der Waals surface area (Å²) in [6, 6.07) is 12.0. The zero-order valence-electron chi connectivity index (χ0n) is 10.6. The van der Waals surface area contributed by atoms with E-state index in [4.69, 9.17) is 5.26 Å². The standard InChI is InChI=1S/C15H15N3O/c16-8-6-15-11-18(12-17-15)10-14(7-9-19)13-4-2-1-3-5-13/h1-5,9,11-12,14H,6-7,10H2. The molecule has 0 radical (unpaired) electrons. The smallest absolute Gasteiger partial charge is 0.120 e. The summed E-state index contributed by atoms with van der Waals surface area (Å²) in [6.45, 7) is 0.696. The zero-order valence-corrected chi connectivity index (χ0v) is 10.6. The molecule has 4 nitrogen and oxygen atoms in total. The van der Waals surface area contributed by atoms with Crippen molar-refractivity contribution in [2.75, 3.05) is 0 Å². The van der Waals surface area contributed by atoms with Gasteiger partial charge in [0.05, 0.1) is 24.5 Å². The van der Waals surface area contributed by atoms with Gasteiger partial charge in [0.15, 0.2) is 0 Å². The molecule has 19 heavy (non-hydrogen) atoms. The number of carbonyl (C=O) groups excluding carboxylic acids is 1. The molecular formula is C15H15N3O. The third-order valence-corrected chi connectivity index (χ3v) is 3.03. The summed E-state index contributed by atoms with van der Waals surface area (Å²) < 4.78 is 1.94. The molecule has 96 valence electrons. The number of benzene rings is 1. The first-order chi connectivity index (χ1) is 9.33. The molecule has 0 aliphatic rings. The number of carbonyl (C=O) groups is 1. The van der Waals surface area contributed by atoms with Crippen molar-refractivity contribution in [3.8, 4) is 6.07 Å². The van der Waals surface area contributed by atoms with Crippen LogP contribution in [-0.2, 0) is 17.8 Å². The van der Waals surface area contributed by atoms with Gasteiger partial charge in [0.2, 0.25) is 0 Å². The minimum absolute atomic E-state index is 0.142. The van der Waals surface area contributed by atoms with E-state index in [-0.39, 0.29) is 5.92 Å². The van der Waals surface area contributed by atoms with Gasteiger partial charge in [-0.3, -0.25) is 0 Å². The van der Waals surface area contributed by atoms with E-state index in [1.165, 1.54) is 0 Å². The van der Waals surface area contributed by atoms with Crippen LogP contribution in [0, 0.1) is 11.3 Å². The highest BCUT2D eigenvalue weighted by Crippen LogP contribution is 2.20. The summed E-state index contributed by atoms with van der Waals surface area (Å²) in [6.07, 6.45) is 5.33. The predicted molar refractivity (Wildman–Crippen MR) is 71.4 cm³/mol. The molecule has 0 amide bonds. The molecule has 1 unspecified atom stereocenters. The maximum atomic E-state index is 10.8. The third kappa shape index (κ3) is 3.52. The lowest BCUT2D eigenvalue weighted by Crippen LogP contribution is -2.08. The van der Waals surface area contributed by atoms with Crippen LogP contribution in [0.15, 0.2) is 42.9 Å². The number of aromatic nitrogens is 2. The van der Waals surface area contributed by atoms with Gasteiger partial charge >= 0.3 is 0 Å². The fourth-order valence-electron chi connectivity index (χ4n) is 2.09. The van der Waals surface area contributed by atoms with Crippen LogP contribution in [0.2, 0.25) is 0 Å². The summed E-state index contributed by atoms with van der Waals surface area (Å²) in [7, 11) is 0. The molecule has 0 aliphatic heterocycles. The number of hydrogen-bond acceptors (Lipinski definition) is 3. The highest BCUT2D eigenvalue weighted by molar-refractivity contribution is 5.51. The van der Waals surface area contributed by atoms with Crippen LogP contribution >= 0.6 is 0 Å². The molecule has 0 N–H and O–H groups in total. The molecule has 0 saturated carbocycles. The first-order valence-corrected chi connectivity index (χ1v) is 6.19. The number of rotatable bonds is 6. The van der Waals surface area contributed by atoms with Crippen molar-refractivity contribution in [1.29, 1.82) is 5.26 Å². The van der Waals surface area contributed by atoms with E-state index < -0.39 is 0 Å². The van der Waals surface area contributed by atoms with E-state index in [2.05, 4.69) is 11.1 Å². The summed E-state index contributed by atoms with van der Waals surface area (Å²) in [5.74, 6) is 0.142. The normalized spacial score (nSPS) is 11.7. The Hall–Kier alpha value is -2.41. The van der Waals surface area contributed by atoms with Crippen LogP contribution in [0.1, 0.15) is 23.6 Å². The monoisotopic (exact) mass is 253 g/mol. The van der Waals surface area contributed by atoms with Crippen molar-refractivity contribution in [2.45, 2.75) is 25.3 Å². The highest BCUT2D eigenvalue weighted by atomic mass is 16.1. The molecule has 0 saturated heterocycles. The van der Waals surface area contributed by atoms with Crippen molar-refractivity contribution in [1.82, 2.24) is 9.55 Å². The van der Waals surface area contributed by atoms with Gasteiger partial charge in [0.25, 0.3) is 0 Å². The number of nitriles is 1. The van der Waals surface area contributed by atoms with Crippen LogP contribution in [0.4, 0.5) is 0 Å². The van der Waals surface area contributed by atoms with Gasteiger partial charge in [-0.2, -0.15) is 5.26 Å². The van der Waals surface area contributed by atoms with Gasteiger partial charge in [-0.1, -0.05) is 30.3 Å². The summed E-state index contributed by atoms with van der Waals surface area (Å²) in [5.41, 5.74) is 1.91. The summed E-state index contributed by atoms with van der Waals surface area (Å²) in [5, 5.41) is 8.63. The first-order valence-electron chi connectivity index (χ1n) is 6.19. The maximum absolute atomic E-state index is 10.8. The van der Waals surface area contributed by atoms with Crippen LogP contribution in [0.25, 0.3) is 0 Å². The maximum Gasteiger partial charge on any atom is 0.120 e. The van der Waals surface area contributed by atoms with E-state index in [1.807, 2.05) is 41.1 Å². The van der Waals surface area contributed by atoms with Gasteiger partial charge in [0, 0.05) is 25.1 Å². The minimum atomic E-state index is 0.142. The average Bonchev–Trinajstić information content (AvgIpc) is 2.87. The van der Waals surface area contributed by atoms with E-state index >= 15 is 0 Å². The van der Waals surface area contributed by atoms with E-state index in [0.717, 1.165) is 17.5 Å². The van der Waals surface area contributed by atoms with Crippen LogP contribution in [0.3, 0.4) is 0 Å². The SMILES string of the molecule is N#CCc1cn(CC(CC=O)c2ccccc2)cn1. The molecule has 4 heteroatoms. The first kappa shape index (κ1) is 13.0. The largest absolute Gasteiger partial charge is 0.337 e. The third-order valence-electron chi connectivity index (χ3n) is 3.03. The van der Waals surface area contributed by atoms with Crippen molar-refractivity contribution in [3.63, 3.8) is 0 Å². The second-order valence-corrected chi connectivity index (χ2v) is 4.41. The van der Waals surface area contributed by atoms with Gasteiger partial charge < -0.3 is 9.36 Å². The fraction of sp³-hybridized carbons (Fsp3) is 0.267. The molecule has 0 fully saturated rings. The Morgan fingerprint density at radius 1 is 1.37 bits per heavy atom. The van der Waals surface area contributed by atoms with E-state index in [9.17, 15) is 4.79 Å². The lowest BCUT2D eigenvalue weighted by molar-refractivity contribution is -0.108. The van der Waals surface area contributed by atoms with Crippen molar-refractivity contribution < 1.29 is 4.79 Å². The molecule has 2 rings (SSSR count). The second kappa shape index (κ2) is 6.50. The number of hydrogen-bond donors (Lipinski definition) is 0. The molecule has 1 aromatic heterocycles. The fourth-order valence-corrected chi connectivity index (χ4v) is 2.09.